The van der Waals surface area contributed by atoms with Crippen LogP contribution in [0.3, 0.4) is 0 Å². The van der Waals surface area contributed by atoms with Crippen LogP contribution in [0.5, 0.6) is 5.75 Å². The molecule has 7 nitrogen and oxygen atoms in total. The molecule has 128 valence electrons. The zero-order chi connectivity index (χ0) is 18.2. The quantitative estimate of drug-likeness (QED) is 0.701. The molecule has 0 bridgehead atoms. The second-order valence-corrected chi connectivity index (χ2v) is 4.89. The fraction of sp³-hybridized carbons (Fsp3) is 0.0556. The van der Waals surface area contributed by atoms with Crippen LogP contribution in [-0.4, -0.2) is 30.0 Å². The number of amides is 2. The van der Waals surface area contributed by atoms with Crippen LogP contribution in [-0.2, 0) is 9.59 Å². The minimum atomic E-state index is -1.24. The third-order valence-corrected chi connectivity index (χ3v) is 3.15. The SMILES string of the molecule is COc1ccc(NC(=O)c2ccccc2NC(=O)/C=C\C(=O)O)cc1. The van der Waals surface area contributed by atoms with Gasteiger partial charge in [-0.3, -0.25) is 9.59 Å². The molecule has 0 aromatic heterocycles. The van der Waals surface area contributed by atoms with Gasteiger partial charge in [-0.15, -0.1) is 0 Å². The minimum absolute atomic E-state index is 0.246. The molecule has 0 atom stereocenters. The van der Waals surface area contributed by atoms with Gasteiger partial charge in [0.15, 0.2) is 0 Å². The van der Waals surface area contributed by atoms with Crippen molar-refractivity contribution in [2.75, 3.05) is 17.7 Å². The highest BCUT2D eigenvalue weighted by Crippen LogP contribution is 2.19. The summed E-state index contributed by atoms with van der Waals surface area (Å²) in [6.45, 7) is 0. The summed E-state index contributed by atoms with van der Waals surface area (Å²) in [6, 6.07) is 13.2. The summed E-state index contributed by atoms with van der Waals surface area (Å²) in [5.74, 6) is -1.63. The summed E-state index contributed by atoms with van der Waals surface area (Å²) < 4.78 is 5.05. The van der Waals surface area contributed by atoms with Crippen LogP contribution in [0.15, 0.2) is 60.7 Å². The molecule has 2 rings (SSSR count). The number of benzene rings is 2. The number of nitrogens with one attached hydrogen (secondary N) is 2. The van der Waals surface area contributed by atoms with Crippen LogP contribution in [0.25, 0.3) is 0 Å². The van der Waals surface area contributed by atoms with E-state index >= 15 is 0 Å². The smallest absolute Gasteiger partial charge is 0.328 e. The Morgan fingerprint density at radius 1 is 0.960 bits per heavy atom. The summed E-state index contributed by atoms with van der Waals surface area (Å²) in [6.07, 6.45) is 1.59. The molecule has 0 heterocycles. The molecule has 0 unspecified atom stereocenters. The lowest BCUT2D eigenvalue weighted by molar-refractivity contribution is -0.131. The molecule has 0 aliphatic rings. The molecular weight excluding hydrogens is 324 g/mol. The lowest BCUT2D eigenvalue weighted by Crippen LogP contribution is -2.17. The first-order valence-corrected chi connectivity index (χ1v) is 7.26. The molecule has 7 heteroatoms. The van der Waals surface area contributed by atoms with E-state index in [-0.39, 0.29) is 11.3 Å². The van der Waals surface area contributed by atoms with Crippen molar-refractivity contribution >= 4 is 29.2 Å². The first-order valence-electron chi connectivity index (χ1n) is 7.26. The van der Waals surface area contributed by atoms with Crippen LogP contribution in [0.1, 0.15) is 10.4 Å². The average molecular weight is 340 g/mol. The third kappa shape index (κ3) is 5.21. The molecule has 0 radical (unpaired) electrons. The summed E-state index contributed by atoms with van der Waals surface area (Å²) in [7, 11) is 1.55. The molecule has 0 aliphatic carbocycles. The highest BCUT2D eigenvalue weighted by molar-refractivity contribution is 6.11. The summed E-state index contributed by atoms with van der Waals surface area (Å²) >= 11 is 0. The van der Waals surface area contributed by atoms with Crippen molar-refractivity contribution in [3.8, 4) is 5.75 Å². The Kier molecular flexibility index (Phi) is 5.89. The van der Waals surface area contributed by atoms with Gasteiger partial charge in [-0.25, -0.2) is 4.79 Å². The van der Waals surface area contributed by atoms with E-state index in [9.17, 15) is 14.4 Å². The van der Waals surface area contributed by atoms with Crippen molar-refractivity contribution < 1.29 is 24.2 Å². The zero-order valence-corrected chi connectivity index (χ0v) is 13.4. The van der Waals surface area contributed by atoms with Crippen LogP contribution < -0.4 is 15.4 Å². The van der Waals surface area contributed by atoms with E-state index in [0.29, 0.717) is 11.4 Å². The van der Waals surface area contributed by atoms with Crippen LogP contribution in [0.4, 0.5) is 11.4 Å². The Hall–Kier alpha value is -3.61. The molecule has 2 amide bonds. The van der Waals surface area contributed by atoms with Gasteiger partial charge in [0.1, 0.15) is 5.75 Å². The number of carboxylic acid groups (broad SMARTS) is 1. The van der Waals surface area contributed by atoms with E-state index < -0.39 is 17.8 Å². The Morgan fingerprint density at radius 2 is 1.64 bits per heavy atom. The second-order valence-electron chi connectivity index (χ2n) is 4.89. The zero-order valence-electron chi connectivity index (χ0n) is 13.4. The van der Waals surface area contributed by atoms with Gasteiger partial charge in [0.05, 0.1) is 18.4 Å². The standard InChI is InChI=1S/C18H16N2O5/c1-25-13-8-6-12(7-9-13)19-18(24)14-4-2-3-5-15(14)20-16(21)10-11-17(22)23/h2-11H,1H3,(H,19,24)(H,20,21)(H,22,23)/b11-10-. The number of hydrogen-bond acceptors (Lipinski definition) is 4. The van der Waals surface area contributed by atoms with Gasteiger partial charge in [-0.1, -0.05) is 12.1 Å². The molecule has 25 heavy (non-hydrogen) atoms. The van der Waals surface area contributed by atoms with Crippen LogP contribution in [0, 0.1) is 0 Å². The van der Waals surface area contributed by atoms with Crippen LogP contribution in [0.2, 0.25) is 0 Å². The molecule has 0 spiro atoms. The van der Waals surface area contributed by atoms with E-state index in [0.717, 1.165) is 12.2 Å². The molecule has 2 aromatic rings. The third-order valence-electron chi connectivity index (χ3n) is 3.15. The van der Waals surface area contributed by atoms with Crippen molar-refractivity contribution in [3.63, 3.8) is 0 Å². The minimum Gasteiger partial charge on any atom is -0.497 e. The van der Waals surface area contributed by atoms with Gasteiger partial charge < -0.3 is 20.5 Å². The molecule has 0 aliphatic heterocycles. The Labute approximate surface area is 143 Å². The van der Waals surface area contributed by atoms with Crippen molar-refractivity contribution in [1.82, 2.24) is 0 Å². The number of carboxylic acids is 1. The van der Waals surface area contributed by atoms with Crippen molar-refractivity contribution in [2.45, 2.75) is 0 Å². The van der Waals surface area contributed by atoms with Gasteiger partial charge in [-0.05, 0) is 36.4 Å². The van der Waals surface area contributed by atoms with E-state index in [4.69, 9.17) is 9.84 Å². The van der Waals surface area contributed by atoms with Gasteiger partial charge >= 0.3 is 5.97 Å². The fourth-order valence-electron chi connectivity index (χ4n) is 1.98. The van der Waals surface area contributed by atoms with Gasteiger partial charge in [0.2, 0.25) is 5.91 Å². The van der Waals surface area contributed by atoms with Crippen molar-refractivity contribution in [1.29, 1.82) is 0 Å². The number of methoxy groups -OCH3 is 1. The second kappa shape index (κ2) is 8.30. The number of aliphatic carboxylic acids is 1. The lowest BCUT2D eigenvalue weighted by atomic mass is 10.1. The molecule has 0 saturated heterocycles. The Balaban J connectivity index is 2.14. The van der Waals surface area contributed by atoms with Gasteiger partial charge in [0, 0.05) is 17.8 Å². The van der Waals surface area contributed by atoms with E-state index in [1.54, 1.807) is 55.6 Å². The number of carbonyl (C=O) groups excluding carboxylic acids is 2. The molecule has 0 fully saturated rings. The van der Waals surface area contributed by atoms with Crippen molar-refractivity contribution in [2.24, 2.45) is 0 Å². The summed E-state index contributed by atoms with van der Waals surface area (Å²) in [5.41, 5.74) is 1.08. The number of ether oxygens (including phenoxy) is 1. The monoisotopic (exact) mass is 340 g/mol. The number of para-hydroxylation sites is 1. The predicted octanol–water partition coefficient (Wildman–Crippen LogP) is 2.53. The Morgan fingerprint density at radius 3 is 2.28 bits per heavy atom. The molecule has 0 saturated carbocycles. The number of rotatable bonds is 6. The Bertz CT molecular complexity index is 812. The predicted molar refractivity (Wildman–Crippen MR) is 92.8 cm³/mol. The number of hydrogen-bond donors (Lipinski definition) is 3. The fourth-order valence-corrected chi connectivity index (χ4v) is 1.98. The molecular formula is C18H16N2O5. The lowest BCUT2D eigenvalue weighted by Gasteiger charge is -2.11. The highest BCUT2D eigenvalue weighted by atomic mass is 16.5. The van der Waals surface area contributed by atoms with Crippen LogP contribution >= 0.6 is 0 Å². The number of anilines is 2. The van der Waals surface area contributed by atoms with Crippen molar-refractivity contribution in [3.05, 3.63) is 66.2 Å². The molecule has 3 N–H and O–H groups in total. The van der Waals surface area contributed by atoms with E-state index in [2.05, 4.69) is 10.6 Å². The van der Waals surface area contributed by atoms with E-state index in [1.165, 1.54) is 0 Å². The van der Waals surface area contributed by atoms with Gasteiger partial charge in [-0.2, -0.15) is 0 Å². The summed E-state index contributed by atoms with van der Waals surface area (Å²) in [5, 5.41) is 13.7. The topological polar surface area (TPSA) is 105 Å². The normalized spacial score (nSPS) is 10.3. The number of carbonyl (C=O) groups is 3. The maximum Gasteiger partial charge on any atom is 0.328 e. The first-order chi connectivity index (χ1) is 12.0. The average Bonchev–Trinajstić information content (AvgIpc) is 2.61. The van der Waals surface area contributed by atoms with E-state index in [1.807, 2.05) is 0 Å². The summed E-state index contributed by atoms with van der Waals surface area (Å²) in [4.78, 5) is 34.6. The maximum absolute atomic E-state index is 12.4. The molecule has 2 aromatic carbocycles. The highest BCUT2D eigenvalue weighted by Gasteiger charge is 2.12. The first kappa shape index (κ1) is 17.7. The maximum atomic E-state index is 12.4. The van der Waals surface area contributed by atoms with Gasteiger partial charge in [0.25, 0.3) is 5.91 Å². The largest absolute Gasteiger partial charge is 0.497 e.